The lowest BCUT2D eigenvalue weighted by molar-refractivity contribution is -0.139. The van der Waals surface area contributed by atoms with Gasteiger partial charge >= 0.3 is 5.97 Å². The van der Waals surface area contributed by atoms with Gasteiger partial charge in [-0.1, -0.05) is 0 Å². The first-order valence-electron chi connectivity index (χ1n) is 4.96. The Kier molecular flexibility index (Phi) is 2.96. The van der Waals surface area contributed by atoms with Crippen LogP contribution >= 0.6 is 0 Å². The predicted octanol–water partition coefficient (Wildman–Crippen LogP) is 0.588. The number of carbonyl (C=O) groups excluding carboxylic acids is 1. The fourth-order valence-electron chi connectivity index (χ4n) is 1.65. The molecule has 1 aliphatic rings. The van der Waals surface area contributed by atoms with Gasteiger partial charge in [-0.15, -0.1) is 0 Å². The number of nitrogens with one attached hydrogen (secondary N) is 1. The summed E-state index contributed by atoms with van der Waals surface area (Å²) in [5.41, 5.74) is 0.946. The first-order valence-corrected chi connectivity index (χ1v) is 4.96. The average molecular weight is 223 g/mol. The minimum Gasteiger partial charge on any atom is -0.508 e. The molecule has 0 bridgehead atoms. The number of ether oxygens (including phenoxy) is 2. The third-order valence-corrected chi connectivity index (χ3v) is 2.50. The molecule has 2 rings (SSSR count). The Morgan fingerprint density at radius 1 is 1.69 bits per heavy atom. The van der Waals surface area contributed by atoms with E-state index in [1.54, 1.807) is 18.2 Å². The maximum Gasteiger partial charge on any atom is 0.319 e. The molecule has 5 nitrogen and oxygen atoms in total. The average Bonchev–Trinajstić information content (AvgIpc) is 2.68. The largest absolute Gasteiger partial charge is 0.508 e. The van der Waals surface area contributed by atoms with E-state index in [2.05, 4.69) is 10.1 Å². The van der Waals surface area contributed by atoms with Gasteiger partial charge in [-0.2, -0.15) is 0 Å². The molecule has 0 spiro atoms. The van der Waals surface area contributed by atoms with Crippen LogP contribution in [0.5, 0.6) is 11.5 Å². The Morgan fingerprint density at radius 2 is 2.50 bits per heavy atom. The van der Waals surface area contributed by atoms with E-state index in [1.165, 1.54) is 7.11 Å². The number of esters is 1. The number of benzene rings is 1. The number of fused-ring (bicyclic) bond motifs is 1. The molecule has 0 saturated heterocycles. The van der Waals surface area contributed by atoms with Crippen LogP contribution in [0.4, 0.5) is 0 Å². The summed E-state index contributed by atoms with van der Waals surface area (Å²) in [6.45, 7) is 0.598. The summed E-state index contributed by atoms with van der Waals surface area (Å²) in [6, 6.07) is 4.91. The van der Waals surface area contributed by atoms with Crippen molar-refractivity contribution in [2.24, 2.45) is 0 Å². The van der Waals surface area contributed by atoms with Crippen molar-refractivity contribution in [2.45, 2.75) is 6.04 Å². The van der Waals surface area contributed by atoms with E-state index >= 15 is 0 Å². The maximum absolute atomic E-state index is 11.0. The number of aromatic hydroxyl groups is 1. The SMILES string of the molecule is COC(=O)CNC1COc2cc(O)ccc21. The molecule has 16 heavy (non-hydrogen) atoms. The lowest BCUT2D eigenvalue weighted by Crippen LogP contribution is -2.29. The standard InChI is InChI=1S/C11H13NO4/c1-15-11(14)5-12-9-6-16-10-4-7(13)2-3-8(9)10/h2-4,9,12-13H,5-6H2,1H3. The summed E-state index contributed by atoms with van der Waals surface area (Å²) in [4.78, 5) is 11.0. The monoisotopic (exact) mass is 223 g/mol. The van der Waals surface area contributed by atoms with Crippen molar-refractivity contribution in [1.29, 1.82) is 0 Å². The van der Waals surface area contributed by atoms with Gasteiger partial charge in [-0.05, 0) is 12.1 Å². The van der Waals surface area contributed by atoms with E-state index in [-0.39, 0.29) is 24.3 Å². The van der Waals surface area contributed by atoms with Crippen molar-refractivity contribution in [2.75, 3.05) is 20.3 Å². The van der Waals surface area contributed by atoms with Gasteiger partial charge in [0.2, 0.25) is 0 Å². The molecule has 0 aromatic heterocycles. The molecular formula is C11H13NO4. The third kappa shape index (κ3) is 2.09. The Hall–Kier alpha value is -1.75. The van der Waals surface area contributed by atoms with Crippen molar-refractivity contribution < 1.29 is 19.4 Å². The van der Waals surface area contributed by atoms with Gasteiger partial charge < -0.3 is 14.6 Å². The Balaban J connectivity index is 2.03. The molecular weight excluding hydrogens is 210 g/mol. The summed E-state index contributed by atoms with van der Waals surface area (Å²) in [6.07, 6.45) is 0. The Bertz CT molecular complexity index is 405. The van der Waals surface area contributed by atoms with E-state index in [0.29, 0.717) is 12.4 Å². The third-order valence-electron chi connectivity index (χ3n) is 2.50. The second kappa shape index (κ2) is 4.40. The van der Waals surface area contributed by atoms with Gasteiger partial charge in [0.15, 0.2) is 0 Å². The van der Waals surface area contributed by atoms with Gasteiger partial charge in [-0.25, -0.2) is 0 Å². The summed E-state index contributed by atoms with van der Waals surface area (Å²) < 4.78 is 9.92. The van der Waals surface area contributed by atoms with Gasteiger partial charge in [0.05, 0.1) is 19.7 Å². The molecule has 2 N–H and O–H groups in total. The molecule has 0 aliphatic carbocycles. The van der Waals surface area contributed by atoms with Crippen LogP contribution in [0, 0.1) is 0 Å². The molecule has 1 heterocycles. The van der Waals surface area contributed by atoms with Crippen molar-refractivity contribution >= 4 is 5.97 Å². The van der Waals surface area contributed by atoms with Crippen LogP contribution in [0.2, 0.25) is 0 Å². The molecule has 1 aliphatic heterocycles. The Morgan fingerprint density at radius 3 is 3.25 bits per heavy atom. The first-order chi connectivity index (χ1) is 7.70. The lowest BCUT2D eigenvalue weighted by atomic mass is 10.1. The first kappa shape index (κ1) is 10.8. The van der Waals surface area contributed by atoms with Crippen molar-refractivity contribution in [3.63, 3.8) is 0 Å². The number of rotatable bonds is 3. The summed E-state index contributed by atoms with van der Waals surface area (Å²) in [5.74, 6) is 0.516. The van der Waals surface area contributed by atoms with Crippen LogP contribution in [-0.4, -0.2) is 31.3 Å². The number of carbonyl (C=O) groups is 1. The summed E-state index contributed by atoms with van der Waals surface area (Å²) in [7, 11) is 1.35. The van der Waals surface area contributed by atoms with E-state index in [1.807, 2.05) is 0 Å². The highest BCUT2D eigenvalue weighted by atomic mass is 16.5. The molecule has 0 saturated carbocycles. The number of hydrogen-bond acceptors (Lipinski definition) is 5. The molecule has 1 aromatic carbocycles. The molecule has 0 radical (unpaired) electrons. The maximum atomic E-state index is 11.0. The molecule has 1 unspecified atom stereocenters. The van der Waals surface area contributed by atoms with Crippen LogP contribution in [0.1, 0.15) is 11.6 Å². The van der Waals surface area contributed by atoms with E-state index < -0.39 is 0 Å². The molecule has 86 valence electrons. The molecule has 0 fully saturated rings. The zero-order chi connectivity index (χ0) is 11.5. The summed E-state index contributed by atoms with van der Waals surface area (Å²) in [5, 5.41) is 12.3. The smallest absolute Gasteiger partial charge is 0.319 e. The highest BCUT2D eigenvalue weighted by Gasteiger charge is 2.24. The number of phenols is 1. The van der Waals surface area contributed by atoms with E-state index in [0.717, 1.165) is 5.56 Å². The predicted molar refractivity (Wildman–Crippen MR) is 56.4 cm³/mol. The van der Waals surface area contributed by atoms with Gasteiger partial charge in [0.25, 0.3) is 0 Å². The molecule has 1 atom stereocenters. The van der Waals surface area contributed by atoms with Crippen molar-refractivity contribution in [3.05, 3.63) is 23.8 Å². The van der Waals surface area contributed by atoms with E-state index in [4.69, 9.17) is 4.74 Å². The topological polar surface area (TPSA) is 67.8 Å². The zero-order valence-electron chi connectivity index (χ0n) is 8.90. The van der Waals surface area contributed by atoms with Crippen molar-refractivity contribution in [3.8, 4) is 11.5 Å². The second-order valence-electron chi connectivity index (χ2n) is 3.54. The normalized spacial score (nSPS) is 17.7. The molecule has 0 amide bonds. The lowest BCUT2D eigenvalue weighted by Gasteiger charge is -2.09. The van der Waals surface area contributed by atoms with Gasteiger partial charge in [0.1, 0.15) is 18.1 Å². The van der Waals surface area contributed by atoms with Crippen LogP contribution in [0.3, 0.4) is 0 Å². The second-order valence-corrected chi connectivity index (χ2v) is 3.54. The van der Waals surface area contributed by atoms with Crippen molar-refractivity contribution in [1.82, 2.24) is 5.32 Å². The molecule has 5 heteroatoms. The van der Waals surface area contributed by atoms with Crippen LogP contribution in [0.25, 0.3) is 0 Å². The van der Waals surface area contributed by atoms with Crippen LogP contribution in [-0.2, 0) is 9.53 Å². The zero-order valence-corrected chi connectivity index (χ0v) is 8.90. The molecule has 1 aromatic rings. The summed E-state index contributed by atoms with van der Waals surface area (Å²) >= 11 is 0. The highest BCUT2D eigenvalue weighted by Crippen LogP contribution is 2.34. The number of hydrogen-bond donors (Lipinski definition) is 2. The minimum atomic E-state index is -0.313. The number of methoxy groups -OCH3 is 1. The minimum absolute atomic E-state index is 0.0327. The fourth-order valence-corrected chi connectivity index (χ4v) is 1.65. The van der Waals surface area contributed by atoms with Gasteiger partial charge in [-0.3, -0.25) is 10.1 Å². The highest BCUT2D eigenvalue weighted by molar-refractivity contribution is 5.71. The van der Waals surface area contributed by atoms with Crippen LogP contribution in [0.15, 0.2) is 18.2 Å². The van der Waals surface area contributed by atoms with Crippen LogP contribution < -0.4 is 10.1 Å². The van der Waals surface area contributed by atoms with E-state index in [9.17, 15) is 9.90 Å². The fraction of sp³-hybridized carbons (Fsp3) is 0.364. The quantitative estimate of drug-likeness (QED) is 0.734. The van der Waals surface area contributed by atoms with Gasteiger partial charge in [0, 0.05) is 11.6 Å². The number of phenolic OH excluding ortho intramolecular Hbond substituents is 1. The Labute approximate surface area is 93.0 Å².